The zero-order chi connectivity index (χ0) is 15.3. The van der Waals surface area contributed by atoms with Gasteiger partial charge < -0.3 is 4.74 Å². The van der Waals surface area contributed by atoms with Gasteiger partial charge in [-0.25, -0.2) is 4.72 Å². The lowest BCUT2D eigenvalue weighted by Gasteiger charge is -2.28. The predicted octanol–water partition coefficient (Wildman–Crippen LogP) is 0.998. The van der Waals surface area contributed by atoms with Gasteiger partial charge in [0.1, 0.15) is 0 Å². The van der Waals surface area contributed by atoms with E-state index in [1.54, 1.807) is 0 Å². The minimum Gasteiger partial charge on any atom is -0.469 e. The summed E-state index contributed by atoms with van der Waals surface area (Å²) in [4.78, 5) is 11.0. The Bertz CT molecular complexity index is 387. The summed E-state index contributed by atoms with van der Waals surface area (Å²) in [5, 5.41) is 0. The van der Waals surface area contributed by atoms with Gasteiger partial charge in [-0.3, -0.25) is 4.79 Å². The second-order valence-electron chi connectivity index (χ2n) is 5.77. The minimum atomic E-state index is -3.54. The molecule has 0 aliphatic carbocycles. The van der Waals surface area contributed by atoms with Crippen molar-refractivity contribution in [1.29, 1.82) is 0 Å². The Kier molecular flexibility index (Phi) is 6.96. The Morgan fingerprint density at radius 3 is 2.32 bits per heavy atom. The largest absolute Gasteiger partial charge is 0.469 e. The molecule has 114 valence electrons. The Hall–Kier alpha value is -0.660. The lowest BCUT2D eigenvalue weighted by Crippen LogP contribution is -2.42. The van der Waals surface area contributed by atoms with Crippen LogP contribution in [0.4, 0.5) is 0 Å². The molecule has 0 heterocycles. The number of carbonyl (C=O) groups excluding carboxylic acids is 1. The number of rotatable bonds is 7. The topological polar surface area (TPSA) is 75.7 Å². The van der Waals surface area contributed by atoms with Gasteiger partial charge in [-0.1, -0.05) is 27.7 Å². The number of carbonyl (C=O) groups is 1. The Morgan fingerprint density at radius 1 is 1.37 bits per heavy atom. The fourth-order valence-electron chi connectivity index (χ4n) is 1.12. The number of hydrogen-bond acceptors (Lipinski definition) is 4. The molecule has 0 aliphatic rings. The summed E-state index contributed by atoms with van der Waals surface area (Å²) >= 11 is 0. The molecule has 1 atom stereocenters. The summed E-state index contributed by atoms with van der Waals surface area (Å²) in [5.74, 6) is -0.221. The smallest absolute Gasteiger partial charge is 0.306 e. The van der Waals surface area contributed by atoms with E-state index in [1.165, 1.54) is 14.2 Å². The summed E-state index contributed by atoms with van der Waals surface area (Å²) in [6, 6.07) is 0. The third-order valence-electron chi connectivity index (χ3n) is 3.32. The van der Waals surface area contributed by atoms with Crippen molar-refractivity contribution in [2.45, 2.75) is 34.1 Å². The minimum absolute atomic E-state index is 0.0348. The van der Waals surface area contributed by atoms with Gasteiger partial charge in [-0.05, 0) is 11.3 Å². The fraction of sp³-hybridized carbons (Fsp3) is 0.917. The highest BCUT2D eigenvalue weighted by Crippen LogP contribution is 2.24. The maximum Gasteiger partial charge on any atom is 0.306 e. The summed E-state index contributed by atoms with van der Waals surface area (Å²) < 4.78 is 32.0. The molecule has 0 saturated carbocycles. The van der Waals surface area contributed by atoms with Crippen LogP contribution in [0.3, 0.4) is 0 Å². The van der Waals surface area contributed by atoms with E-state index in [4.69, 9.17) is 0 Å². The average molecular weight is 294 g/mol. The molecule has 0 bridgehead atoms. The van der Waals surface area contributed by atoms with Gasteiger partial charge in [0.2, 0.25) is 0 Å². The molecule has 0 aromatic rings. The Balaban J connectivity index is 4.35. The maximum atomic E-state index is 11.9. The predicted molar refractivity (Wildman–Crippen MR) is 74.8 cm³/mol. The summed E-state index contributed by atoms with van der Waals surface area (Å²) in [6.07, 6.45) is 0.0444. The third kappa shape index (κ3) is 6.89. The van der Waals surface area contributed by atoms with Crippen LogP contribution in [-0.2, 0) is 19.7 Å². The molecule has 1 unspecified atom stereocenters. The van der Waals surface area contributed by atoms with E-state index in [-0.39, 0.29) is 24.3 Å². The summed E-state index contributed by atoms with van der Waals surface area (Å²) in [5.41, 5.74) is 0.0348. The van der Waals surface area contributed by atoms with Crippen LogP contribution in [0, 0.1) is 11.3 Å². The number of hydrogen-bond donors (Lipinski definition) is 1. The van der Waals surface area contributed by atoms with Crippen molar-refractivity contribution < 1.29 is 17.9 Å². The molecule has 0 fully saturated rings. The first kappa shape index (κ1) is 18.3. The lowest BCUT2D eigenvalue weighted by atomic mass is 9.82. The second-order valence-corrected chi connectivity index (χ2v) is 7.63. The van der Waals surface area contributed by atoms with Crippen molar-refractivity contribution in [3.8, 4) is 0 Å². The van der Waals surface area contributed by atoms with Crippen molar-refractivity contribution in [2.24, 2.45) is 11.3 Å². The molecule has 0 saturated heterocycles. The van der Waals surface area contributed by atoms with Gasteiger partial charge >= 0.3 is 5.97 Å². The van der Waals surface area contributed by atoms with E-state index in [0.29, 0.717) is 6.54 Å². The van der Waals surface area contributed by atoms with E-state index >= 15 is 0 Å². The Morgan fingerprint density at radius 2 is 1.89 bits per heavy atom. The van der Waals surface area contributed by atoms with Gasteiger partial charge in [0.25, 0.3) is 10.2 Å². The van der Waals surface area contributed by atoms with Crippen LogP contribution in [0.2, 0.25) is 0 Å². The van der Waals surface area contributed by atoms with E-state index in [9.17, 15) is 13.2 Å². The standard InChI is InChI=1S/C12H26N2O4S/c1-10(12(2,3)4)9-13-19(16,17)14(5)8-7-11(15)18-6/h10,13H,7-9H2,1-6H3. The number of methoxy groups -OCH3 is 1. The van der Waals surface area contributed by atoms with Crippen LogP contribution in [0.25, 0.3) is 0 Å². The molecule has 6 nitrogen and oxygen atoms in total. The highest BCUT2D eigenvalue weighted by atomic mass is 32.2. The van der Waals surface area contributed by atoms with E-state index in [0.717, 1.165) is 4.31 Å². The van der Waals surface area contributed by atoms with Gasteiger partial charge in [0.15, 0.2) is 0 Å². The maximum absolute atomic E-state index is 11.9. The van der Waals surface area contributed by atoms with E-state index in [1.807, 2.05) is 6.92 Å². The molecule has 0 spiro atoms. The molecule has 0 aliphatic heterocycles. The molecular weight excluding hydrogens is 268 g/mol. The number of nitrogens with one attached hydrogen (secondary N) is 1. The first-order chi connectivity index (χ1) is 8.50. The van der Waals surface area contributed by atoms with Crippen LogP contribution >= 0.6 is 0 Å². The first-order valence-electron chi connectivity index (χ1n) is 6.28. The van der Waals surface area contributed by atoms with Gasteiger partial charge in [-0.15, -0.1) is 0 Å². The van der Waals surface area contributed by atoms with Crippen LogP contribution in [0.15, 0.2) is 0 Å². The van der Waals surface area contributed by atoms with E-state index < -0.39 is 16.2 Å². The summed E-state index contributed by atoms with van der Waals surface area (Å²) in [7, 11) is -0.829. The molecule has 1 N–H and O–H groups in total. The molecule has 0 aromatic carbocycles. The van der Waals surface area contributed by atoms with Crippen molar-refractivity contribution in [2.75, 3.05) is 27.2 Å². The zero-order valence-corrected chi connectivity index (χ0v) is 13.5. The molecular formula is C12H26N2O4S. The number of nitrogens with zero attached hydrogens (tertiary/aromatic N) is 1. The number of esters is 1. The second kappa shape index (κ2) is 7.21. The fourth-order valence-corrected chi connectivity index (χ4v) is 2.13. The van der Waals surface area contributed by atoms with Gasteiger partial charge in [-0.2, -0.15) is 12.7 Å². The highest BCUT2D eigenvalue weighted by molar-refractivity contribution is 7.87. The van der Waals surface area contributed by atoms with Crippen molar-refractivity contribution >= 4 is 16.2 Å². The molecule has 0 amide bonds. The Labute approximate surface area is 116 Å². The summed E-state index contributed by atoms with van der Waals surface area (Å²) in [6.45, 7) is 8.66. The third-order valence-corrected chi connectivity index (χ3v) is 4.85. The highest BCUT2D eigenvalue weighted by Gasteiger charge is 2.24. The molecule has 0 radical (unpaired) electrons. The quantitative estimate of drug-likeness (QED) is 0.711. The zero-order valence-electron chi connectivity index (χ0n) is 12.7. The normalized spacial score (nSPS) is 14.5. The number of ether oxygens (including phenoxy) is 1. The SMILES string of the molecule is COC(=O)CCN(C)S(=O)(=O)NCC(C)C(C)(C)C. The first-order valence-corrected chi connectivity index (χ1v) is 7.72. The molecule has 0 aromatic heterocycles. The van der Waals surface area contributed by atoms with Crippen molar-refractivity contribution in [1.82, 2.24) is 9.03 Å². The van der Waals surface area contributed by atoms with Crippen LogP contribution in [0.5, 0.6) is 0 Å². The molecule has 7 heteroatoms. The van der Waals surface area contributed by atoms with Crippen LogP contribution in [-0.4, -0.2) is 45.9 Å². The van der Waals surface area contributed by atoms with Crippen molar-refractivity contribution in [3.63, 3.8) is 0 Å². The van der Waals surface area contributed by atoms with Gasteiger partial charge in [0.05, 0.1) is 13.5 Å². The van der Waals surface area contributed by atoms with Crippen LogP contribution in [0.1, 0.15) is 34.1 Å². The van der Waals surface area contributed by atoms with Gasteiger partial charge in [0, 0.05) is 20.1 Å². The van der Waals surface area contributed by atoms with Crippen LogP contribution < -0.4 is 4.72 Å². The molecule has 0 rings (SSSR count). The van der Waals surface area contributed by atoms with Crippen molar-refractivity contribution in [3.05, 3.63) is 0 Å². The molecule has 19 heavy (non-hydrogen) atoms. The average Bonchev–Trinajstić information content (AvgIpc) is 2.31. The van der Waals surface area contributed by atoms with E-state index in [2.05, 4.69) is 30.2 Å². The lowest BCUT2D eigenvalue weighted by molar-refractivity contribution is -0.140. The monoisotopic (exact) mass is 294 g/mol.